The van der Waals surface area contributed by atoms with Gasteiger partial charge in [-0.25, -0.2) is 9.48 Å². The van der Waals surface area contributed by atoms with Crippen molar-refractivity contribution in [1.82, 2.24) is 15.1 Å². The highest BCUT2D eigenvalue weighted by molar-refractivity contribution is 5.91. The zero-order chi connectivity index (χ0) is 18.9. The summed E-state index contributed by atoms with van der Waals surface area (Å²) in [5.41, 5.74) is 2.67. The molecule has 1 aromatic heterocycles. The number of hydrogen-bond donors (Lipinski definition) is 2. The maximum atomic E-state index is 12.2. The number of benzene rings is 2. The van der Waals surface area contributed by atoms with Crippen molar-refractivity contribution in [2.24, 2.45) is 0 Å². The molecule has 0 aliphatic carbocycles. The Kier molecular flexibility index (Phi) is 6.60. The minimum Gasteiger partial charge on any atom is -0.374 e. The van der Waals surface area contributed by atoms with Crippen molar-refractivity contribution in [3.8, 4) is 5.69 Å². The molecule has 2 aromatic carbocycles. The Balaban J connectivity index is 1.41. The SMILES string of the molecule is C[C@@H](OCCCNC(=O)Nc1ccccc1-n1cccn1)c1ccccc1. The molecule has 27 heavy (non-hydrogen) atoms. The van der Waals surface area contributed by atoms with Gasteiger partial charge in [-0.15, -0.1) is 0 Å². The van der Waals surface area contributed by atoms with Gasteiger partial charge in [0.25, 0.3) is 0 Å². The predicted octanol–water partition coefficient (Wildman–Crippen LogP) is 4.16. The van der Waals surface area contributed by atoms with E-state index in [-0.39, 0.29) is 12.1 Å². The maximum absolute atomic E-state index is 12.2. The standard InChI is InChI=1S/C21H24N4O2/c1-17(18-9-3-2-4-10-18)27-16-8-13-22-21(26)24-19-11-5-6-12-20(19)25-15-7-14-23-25/h2-7,9-12,14-15,17H,8,13,16H2,1H3,(H2,22,24,26)/t17-/m1/s1. The minimum absolute atomic E-state index is 0.0426. The molecule has 6 heteroatoms. The van der Waals surface area contributed by atoms with Crippen LogP contribution in [0.3, 0.4) is 0 Å². The van der Waals surface area contributed by atoms with Gasteiger partial charge in [-0.2, -0.15) is 5.10 Å². The normalized spacial score (nSPS) is 11.7. The van der Waals surface area contributed by atoms with Crippen molar-refractivity contribution in [1.29, 1.82) is 0 Å². The third kappa shape index (κ3) is 5.43. The van der Waals surface area contributed by atoms with Crippen LogP contribution in [0.25, 0.3) is 5.69 Å². The fraction of sp³-hybridized carbons (Fsp3) is 0.238. The lowest BCUT2D eigenvalue weighted by atomic mass is 10.1. The Labute approximate surface area is 159 Å². The second-order valence-corrected chi connectivity index (χ2v) is 6.13. The van der Waals surface area contributed by atoms with E-state index < -0.39 is 0 Å². The monoisotopic (exact) mass is 364 g/mol. The molecule has 6 nitrogen and oxygen atoms in total. The van der Waals surface area contributed by atoms with Crippen LogP contribution in [-0.2, 0) is 4.74 Å². The number of aromatic nitrogens is 2. The number of carbonyl (C=O) groups is 1. The van der Waals surface area contributed by atoms with E-state index in [4.69, 9.17) is 4.74 Å². The Hall–Kier alpha value is -3.12. The van der Waals surface area contributed by atoms with Gasteiger partial charge in [0, 0.05) is 25.5 Å². The largest absolute Gasteiger partial charge is 0.374 e. The van der Waals surface area contributed by atoms with Crippen LogP contribution in [0.5, 0.6) is 0 Å². The average Bonchev–Trinajstić information content (AvgIpc) is 3.23. The number of carbonyl (C=O) groups excluding carboxylic acids is 1. The number of amides is 2. The van der Waals surface area contributed by atoms with Gasteiger partial charge in [-0.1, -0.05) is 42.5 Å². The smallest absolute Gasteiger partial charge is 0.319 e. The van der Waals surface area contributed by atoms with Gasteiger partial charge in [-0.05, 0) is 37.1 Å². The van der Waals surface area contributed by atoms with E-state index in [0.717, 1.165) is 17.7 Å². The highest BCUT2D eigenvalue weighted by Crippen LogP contribution is 2.19. The summed E-state index contributed by atoms with van der Waals surface area (Å²) >= 11 is 0. The minimum atomic E-state index is -0.245. The third-order valence-electron chi connectivity index (χ3n) is 4.15. The zero-order valence-corrected chi connectivity index (χ0v) is 15.3. The van der Waals surface area contributed by atoms with E-state index in [1.54, 1.807) is 10.9 Å². The van der Waals surface area contributed by atoms with Crippen LogP contribution in [0.4, 0.5) is 10.5 Å². The fourth-order valence-corrected chi connectivity index (χ4v) is 2.71. The third-order valence-corrected chi connectivity index (χ3v) is 4.15. The number of nitrogens with one attached hydrogen (secondary N) is 2. The van der Waals surface area contributed by atoms with E-state index >= 15 is 0 Å². The molecule has 0 aliphatic heterocycles. The van der Waals surface area contributed by atoms with E-state index in [0.29, 0.717) is 18.8 Å². The van der Waals surface area contributed by atoms with Crippen molar-refractivity contribution < 1.29 is 9.53 Å². The summed E-state index contributed by atoms with van der Waals surface area (Å²) < 4.78 is 7.53. The molecule has 3 rings (SSSR count). The predicted molar refractivity (Wildman–Crippen MR) is 106 cm³/mol. The Bertz CT molecular complexity index is 834. The molecule has 0 radical (unpaired) electrons. The molecule has 0 spiro atoms. The van der Waals surface area contributed by atoms with Gasteiger partial charge in [-0.3, -0.25) is 0 Å². The van der Waals surface area contributed by atoms with E-state index in [9.17, 15) is 4.79 Å². The molecule has 0 saturated heterocycles. The molecule has 3 aromatic rings. The van der Waals surface area contributed by atoms with Gasteiger partial charge in [0.15, 0.2) is 0 Å². The summed E-state index contributed by atoms with van der Waals surface area (Å²) in [5, 5.41) is 9.94. The lowest BCUT2D eigenvalue weighted by Crippen LogP contribution is -2.30. The number of urea groups is 1. The van der Waals surface area contributed by atoms with Gasteiger partial charge in [0.05, 0.1) is 17.5 Å². The first kappa shape index (κ1) is 18.7. The number of para-hydroxylation sites is 2. The molecule has 1 heterocycles. The average molecular weight is 364 g/mol. The summed E-state index contributed by atoms with van der Waals surface area (Å²) in [6.45, 7) is 3.15. The van der Waals surface area contributed by atoms with E-state index in [1.807, 2.05) is 73.8 Å². The molecular weight excluding hydrogens is 340 g/mol. The highest BCUT2D eigenvalue weighted by Gasteiger charge is 2.08. The van der Waals surface area contributed by atoms with Crippen molar-refractivity contribution >= 4 is 11.7 Å². The summed E-state index contributed by atoms with van der Waals surface area (Å²) in [6, 6.07) is 19.2. The molecule has 0 bridgehead atoms. The van der Waals surface area contributed by atoms with Crippen LogP contribution in [0.2, 0.25) is 0 Å². The lowest BCUT2D eigenvalue weighted by Gasteiger charge is -2.14. The number of ether oxygens (including phenoxy) is 1. The van der Waals surface area contributed by atoms with Crippen LogP contribution in [0, 0.1) is 0 Å². The van der Waals surface area contributed by atoms with Crippen molar-refractivity contribution in [2.45, 2.75) is 19.4 Å². The molecule has 0 unspecified atom stereocenters. The second-order valence-electron chi connectivity index (χ2n) is 6.13. The first-order chi connectivity index (χ1) is 13.2. The molecule has 0 saturated carbocycles. The van der Waals surface area contributed by atoms with Gasteiger partial charge < -0.3 is 15.4 Å². The van der Waals surface area contributed by atoms with E-state index in [1.165, 1.54) is 0 Å². The van der Waals surface area contributed by atoms with Gasteiger partial charge >= 0.3 is 6.03 Å². The Morgan fingerprint density at radius 3 is 2.67 bits per heavy atom. The van der Waals surface area contributed by atoms with Gasteiger partial charge in [0.1, 0.15) is 0 Å². The second kappa shape index (κ2) is 9.54. The summed E-state index contributed by atoms with van der Waals surface area (Å²) in [4.78, 5) is 12.2. The summed E-state index contributed by atoms with van der Waals surface area (Å²) in [5.74, 6) is 0. The van der Waals surface area contributed by atoms with Crippen molar-refractivity contribution in [2.75, 3.05) is 18.5 Å². The van der Waals surface area contributed by atoms with Crippen molar-refractivity contribution in [3.05, 3.63) is 78.6 Å². The quantitative estimate of drug-likeness (QED) is 0.590. The van der Waals surface area contributed by atoms with Gasteiger partial charge in [0.2, 0.25) is 0 Å². The van der Waals surface area contributed by atoms with Crippen LogP contribution < -0.4 is 10.6 Å². The molecule has 0 fully saturated rings. The fourth-order valence-electron chi connectivity index (χ4n) is 2.71. The molecule has 140 valence electrons. The van der Waals surface area contributed by atoms with Crippen LogP contribution >= 0.6 is 0 Å². The summed E-state index contributed by atoms with van der Waals surface area (Å²) in [6.07, 6.45) is 4.32. The Morgan fingerprint density at radius 1 is 1.11 bits per heavy atom. The molecule has 1 atom stereocenters. The number of hydrogen-bond acceptors (Lipinski definition) is 3. The summed E-state index contributed by atoms with van der Waals surface area (Å²) in [7, 11) is 0. The van der Waals surface area contributed by atoms with Crippen LogP contribution in [-0.4, -0.2) is 29.0 Å². The molecule has 0 aliphatic rings. The maximum Gasteiger partial charge on any atom is 0.319 e. The van der Waals surface area contributed by atoms with Crippen LogP contribution in [0.15, 0.2) is 73.1 Å². The first-order valence-corrected chi connectivity index (χ1v) is 9.04. The first-order valence-electron chi connectivity index (χ1n) is 9.04. The number of anilines is 1. The Morgan fingerprint density at radius 2 is 1.89 bits per heavy atom. The topological polar surface area (TPSA) is 68.2 Å². The molecule has 2 N–H and O–H groups in total. The van der Waals surface area contributed by atoms with Crippen LogP contribution in [0.1, 0.15) is 25.0 Å². The highest BCUT2D eigenvalue weighted by atomic mass is 16.5. The zero-order valence-electron chi connectivity index (χ0n) is 15.3. The molecular formula is C21H24N4O2. The number of nitrogens with zero attached hydrogens (tertiary/aromatic N) is 2. The van der Waals surface area contributed by atoms with E-state index in [2.05, 4.69) is 15.7 Å². The number of rotatable bonds is 8. The van der Waals surface area contributed by atoms with Crippen molar-refractivity contribution in [3.63, 3.8) is 0 Å². The molecule has 2 amide bonds. The lowest BCUT2D eigenvalue weighted by molar-refractivity contribution is 0.0644.